The van der Waals surface area contributed by atoms with Crippen LogP contribution in [-0.2, 0) is 6.54 Å². The summed E-state index contributed by atoms with van der Waals surface area (Å²) in [6.07, 6.45) is 5.76. The van der Waals surface area contributed by atoms with Crippen LogP contribution in [-0.4, -0.2) is 59.2 Å². The molecule has 1 aromatic heterocycles. The topological polar surface area (TPSA) is 31.6 Å². The number of aromatic nitrogens is 1. The van der Waals surface area contributed by atoms with Gasteiger partial charge in [0.15, 0.2) is 0 Å². The van der Waals surface area contributed by atoms with Crippen molar-refractivity contribution >= 4 is 0 Å². The maximum Gasteiger partial charge on any atom is 0.0804 e. The highest BCUT2D eigenvalue weighted by Gasteiger charge is 2.13. The predicted octanol–water partition coefficient (Wildman–Crippen LogP) is 1.57. The van der Waals surface area contributed by atoms with Gasteiger partial charge >= 0.3 is 0 Å². The Morgan fingerprint density at radius 1 is 1.21 bits per heavy atom. The summed E-state index contributed by atoms with van der Waals surface area (Å²) in [6, 6.07) is 2.05. The largest absolute Gasteiger partial charge is 0.388 e. The Hall–Kier alpha value is -0.840. The van der Waals surface area contributed by atoms with Crippen LogP contribution in [0.15, 0.2) is 18.5 Å². The quantitative estimate of drug-likeness (QED) is 0.847. The number of aliphatic hydroxyl groups excluding tert-OH is 1. The zero-order valence-electron chi connectivity index (χ0n) is 12.3. The number of piperazine rings is 1. The van der Waals surface area contributed by atoms with Gasteiger partial charge in [0, 0.05) is 51.7 Å². The van der Waals surface area contributed by atoms with Gasteiger partial charge in [0.05, 0.1) is 6.10 Å². The molecule has 1 fully saturated rings. The van der Waals surface area contributed by atoms with Gasteiger partial charge in [-0.3, -0.25) is 4.90 Å². The van der Waals surface area contributed by atoms with Crippen LogP contribution in [0.25, 0.3) is 0 Å². The molecule has 0 amide bonds. The van der Waals surface area contributed by atoms with Gasteiger partial charge < -0.3 is 14.6 Å². The molecule has 2 rings (SSSR count). The normalized spacial score (nSPS) is 19.7. The molecule has 4 nitrogen and oxygen atoms in total. The van der Waals surface area contributed by atoms with Gasteiger partial charge in [0.25, 0.3) is 0 Å². The van der Waals surface area contributed by atoms with E-state index in [4.69, 9.17) is 0 Å². The lowest BCUT2D eigenvalue weighted by Gasteiger charge is -2.32. The maximum absolute atomic E-state index is 9.95. The van der Waals surface area contributed by atoms with E-state index >= 15 is 0 Å². The van der Waals surface area contributed by atoms with Crippen molar-refractivity contribution in [2.75, 3.05) is 39.8 Å². The molecule has 19 heavy (non-hydrogen) atoms. The molecule has 2 heterocycles. The third kappa shape index (κ3) is 4.34. The Labute approximate surface area is 116 Å². The number of aliphatic hydroxyl groups is 1. The van der Waals surface area contributed by atoms with Gasteiger partial charge in [-0.25, -0.2) is 0 Å². The zero-order chi connectivity index (χ0) is 13.7. The molecule has 0 aromatic carbocycles. The van der Waals surface area contributed by atoms with Crippen LogP contribution < -0.4 is 0 Å². The van der Waals surface area contributed by atoms with E-state index in [9.17, 15) is 5.11 Å². The summed E-state index contributed by atoms with van der Waals surface area (Å²) >= 11 is 0. The summed E-state index contributed by atoms with van der Waals surface area (Å²) < 4.78 is 2.20. The summed E-state index contributed by atoms with van der Waals surface area (Å²) in [5, 5.41) is 9.95. The highest BCUT2D eigenvalue weighted by atomic mass is 16.3. The molecule has 1 aliphatic rings. The molecule has 1 aliphatic heterocycles. The maximum atomic E-state index is 9.95. The Balaban J connectivity index is 1.77. The number of hydrogen-bond donors (Lipinski definition) is 1. The van der Waals surface area contributed by atoms with Crippen molar-refractivity contribution in [2.45, 2.75) is 32.4 Å². The van der Waals surface area contributed by atoms with Crippen LogP contribution in [0.1, 0.15) is 31.4 Å². The SMILES string of the molecule is CCCC(O)c1ccn(CCN2CCN(C)CC2)c1. The van der Waals surface area contributed by atoms with Crippen LogP contribution >= 0.6 is 0 Å². The summed E-state index contributed by atoms with van der Waals surface area (Å²) in [5.74, 6) is 0. The monoisotopic (exact) mass is 265 g/mol. The van der Waals surface area contributed by atoms with Crippen LogP contribution in [0, 0.1) is 0 Å². The first-order valence-corrected chi connectivity index (χ1v) is 7.43. The van der Waals surface area contributed by atoms with Crippen LogP contribution in [0.3, 0.4) is 0 Å². The van der Waals surface area contributed by atoms with Crippen molar-refractivity contribution in [3.63, 3.8) is 0 Å². The zero-order valence-corrected chi connectivity index (χ0v) is 12.3. The second-order valence-electron chi connectivity index (χ2n) is 5.63. The van der Waals surface area contributed by atoms with E-state index in [0.717, 1.165) is 31.5 Å². The fourth-order valence-corrected chi connectivity index (χ4v) is 2.56. The molecular weight excluding hydrogens is 238 g/mol. The molecule has 0 aliphatic carbocycles. The van der Waals surface area contributed by atoms with Gasteiger partial charge in [-0.15, -0.1) is 0 Å². The van der Waals surface area contributed by atoms with Crippen molar-refractivity contribution in [1.82, 2.24) is 14.4 Å². The molecular formula is C15H27N3O. The highest BCUT2D eigenvalue weighted by molar-refractivity contribution is 5.13. The van der Waals surface area contributed by atoms with Crippen LogP contribution in [0.4, 0.5) is 0 Å². The lowest BCUT2D eigenvalue weighted by molar-refractivity contribution is 0.150. The average molecular weight is 265 g/mol. The van der Waals surface area contributed by atoms with Crippen molar-refractivity contribution in [1.29, 1.82) is 0 Å². The number of hydrogen-bond acceptors (Lipinski definition) is 3. The Bertz CT molecular complexity index is 369. The van der Waals surface area contributed by atoms with E-state index in [0.29, 0.717) is 0 Å². The molecule has 1 aromatic rings. The predicted molar refractivity (Wildman–Crippen MR) is 78.2 cm³/mol. The molecule has 0 radical (unpaired) electrons. The van der Waals surface area contributed by atoms with E-state index in [-0.39, 0.29) is 6.10 Å². The fourth-order valence-electron chi connectivity index (χ4n) is 2.56. The average Bonchev–Trinajstić information content (AvgIpc) is 2.87. The standard InChI is InChI=1S/C15H27N3O/c1-3-4-15(19)14-5-6-18(13-14)12-11-17-9-7-16(2)8-10-17/h5-6,13,15,19H,3-4,7-12H2,1-2H3. The van der Waals surface area contributed by atoms with Gasteiger partial charge in [-0.1, -0.05) is 13.3 Å². The Morgan fingerprint density at radius 3 is 2.63 bits per heavy atom. The second-order valence-corrected chi connectivity index (χ2v) is 5.63. The van der Waals surface area contributed by atoms with Gasteiger partial charge in [0.2, 0.25) is 0 Å². The summed E-state index contributed by atoms with van der Waals surface area (Å²) in [7, 11) is 2.19. The van der Waals surface area contributed by atoms with Crippen LogP contribution in [0.2, 0.25) is 0 Å². The first-order chi connectivity index (χ1) is 9.19. The minimum Gasteiger partial charge on any atom is -0.388 e. The van der Waals surface area contributed by atoms with Crippen LogP contribution in [0.5, 0.6) is 0 Å². The van der Waals surface area contributed by atoms with E-state index in [1.807, 2.05) is 6.07 Å². The fraction of sp³-hybridized carbons (Fsp3) is 0.733. The molecule has 1 N–H and O–H groups in total. The Morgan fingerprint density at radius 2 is 1.95 bits per heavy atom. The van der Waals surface area contributed by atoms with Crippen molar-refractivity contribution in [3.8, 4) is 0 Å². The molecule has 1 atom stereocenters. The lowest BCUT2D eigenvalue weighted by atomic mass is 10.1. The molecule has 0 bridgehead atoms. The highest BCUT2D eigenvalue weighted by Crippen LogP contribution is 2.18. The first kappa shape index (κ1) is 14.6. The van der Waals surface area contributed by atoms with E-state index < -0.39 is 0 Å². The number of likely N-dealkylation sites (N-methyl/N-ethyl adjacent to an activating group) is 1. The van der Waals surface area contributed by atoms with E-state index in [2.05, 4.69) is 40.7 Å². The van der Waals surface area contributed by atoms with Crippen molar-refractivity contribution in [2.24, 2.45) is 0 Å². The molecule has 108 valence electrons. The smallest absolute Gasteiger partial charge is 0.0804 e. The summed E-state index contributed by atoms with van der Waals surface area (Å²) in [6.45, 7) is 8.91. The van der Waals surface area contributed by atoms with Gasteiger partial charge in [0.1, 0.15) is 0 Å². The van der Waals surface area contributed by atoms with E-state index in [1.165, 1.54) is 26.2 Å². The molecule has 1 saturated heterocycles. The minimum absolute atomic E-state index is 0.296. The van der Waals surface area contributed by atoms with E-state index in [1.54, 1.807) is 0 Å². The van der Waals surface area contributed by atoms with Crippen molar-refractivity contribution in [3.05, 3.63) is 24.0 Å². The molecule has 0 spiro atoms. The van der Waals surface area contributed by atoms with Gasteiger partial charge in [-0.05, 0) is 25.1 Å². The third-order valence-corrected chi connectivity index (χ3v) is 3.99. The minimum atomic E-state index is -0.296. The summed E-state index contributed by atoms with van der Waals surface area (Å²) in [4.78, 5) is 4.90. The Kier molecular flexibility index (Phi) is 5.43. The first-order valence-electron chi connectivity index (χ1n) is 7.43. The number of nitrogens with zero attached hydrogens (tertiary/aromatic N) is 3. The summed E-state index contributed by atoms with van der Waals surface area (Å²) in [5.41, 5.74) is 1.06. The van der Waals surface area contributed by atoms with Crippen molar-refractivity contribution < 1.29 is 5.11 Å². The molecule has 0 saturated carbocycles. The van der Waals surface area contributed by atoms with Gasteiger partial charge in [-0.2, -0.15) is 0 Å². The third-order valence-electron chi connectivity index (χ3n) is 3.99. The second kappa shape index (κ2) is 7.08. The molecule has 4 heteroatoms. The molecule has 1 unspecified atom stereocenters. The number of rotatable bonds is 6. The lowest BCUT2D eigenvalue weighted by Crippen LogP contribution is -2.45.